The number of methoxy groups -OCH3 is 1. The topological polar surface area (TPSA) is 29.5 Å². The first-order chi connectivity index (χ1) is 6.70. The molecule has 82 valence electrons. The average molecular weight is 199 g/mol. The second-order valence-corrected chi connectivity index (χ2v) is 4.01. The molecule has 0 aromatic heterocycles. The number of hydrogen-bond acceptors (Lipinski definition) is 2. The van der Waals surface area contributed by atoms with Crippen LogP contribution in [-0.4, -0.2) is 37.1 Å². The molecule has 3 nitrogen and oxygen atoms in total. The molecule has 0 saturated heterocycles. The Bertz CT molecular complexity index is 190. The molecule has 0 aliphatic heterocycles. The van der Waals surface area contributed by atoms with Crippen LogP contribution in [0.2, 0.25) is 0 Å². The maximum atomic E-state index is 11.7. The van der Waals surface area contributed by atoms with Crippen molar-refractivity contribution < 1.29 is 9.53 Å². The normalized spacial score (nSPS) is 17.9. The summed E-state index contributed by atoms with van der Waals surface area (Å²) in [4.78, 5) is 13.6. The van der Waals surface area contributed by atoms with E-state index in [9.17, 15) is 4.79 Å². The molecule has 0 aromatic carbocycles. The summed E-state index contributed by atoms with van der Waals surface area (Å²) in [5.74, 6) is 0.990. The van der Waals surface area contributed by atoms with Crippen molar-refractivity contribution in [3.63, 3.8) is 0 Å². The molecule has 1 aliphatic rings. The van der Waals surface area contributed by atoms with Gasteiger partial charge in [0.1, 0.15) is 0 Å². The molecule has 1 amide bonds. The van der Waals surface area contributed by atoms with Crippen LogP contribution in [0, 0.1) is 5.92 Å². The molecule has 1 aliphatic carbocycles. The van der Waals surface area contributed by atoms with E-state index in [1.807, 2.05) is 11.8 Å². The fourth-order valence-electron chi connectivity index (χ4n) is 1.78. The quantitative estimate of drug-likeness (QED) is 0.651. The lowest BCUT2D eigenvalue weighted by molar-refractivity contribution is -0.134. The van der Waals surface area contributed by atoms with Crippen LogP contribution in [0.15, 0.2) is 0 Å². The summed E-state index contributed by atoms with van der Waals surface area (Å²) in [6, 6.07) is 0.401. The lowest BCUT2D eigenvalue weighted by Crippen LogP contribution is -2.41. The van der Waals surface area contributed by atoms with Gasteiger partial charge in [0, 0.05) is 26.1 Å². The summed E-state index contributed by atoms with van der Waals surface area (Å²) >= 11 is 0. The Balaban J connectivity index is 2.45. The molecule has 0 N–H and O–H groups in total. The van der Waals surface area contributed by atoms with E-state index >= 15 is 0 Å². The van der Waals surface area contributed by atoms with Crippen molar-refractivity contribution in [2.24, 2.45) is 5.92 Å². The number of ether oxygens (including phenoxy) is 1. The van der Waals surface area contributed by atoms with Gasteiger partial charge in [0.25, 0.3) is 0 Å². The Labute approximate surface area is 86.4 Å². The molecule has 1 saturated carbocycles. The van der Waals surface area contributed by atoms with Crippen molar-refractivity contribution in [3.8, 4) is 0 Å². The summed E-state index contributed by atoms with van der Waals surface area (Å²) in [6.07, 6.45) is 3.16. The molecular weight excluding hydrogens is 178 g/mol. The van der Waals surface area contributed by atoms with Gasteiger partial charge < -0.3 is 9.64 Å². The van der Waals surface area contributed by atoms with Crippen molar-refractivity contribution in [2.45, 2.75) is 39.2 Å². The minimum absolute atomic E-state index is 0.251. The van der Waals surface area contributed by atoms with Gasteiger partial charge >= 0.3 is 0 Å². The third-order valence-corrected chi connectivity index (χ3v) is 2.95. The molecular formula is C11H21NO2. The van der Waals surface area contributed by atoms with Crippen LogP contribution < -0.4 is 0 Å². The fourth-order valence-corrected chi connectivity index (χ4v) is 1.78. The first kappa shape index (κ1) is 11.5. The van der Waals surface area contributed by atoms with Crippen LogP contribution in [0.1, 0.15) is 33.1 Å². The van der Waals surface area contributed by atoms with Crippen molar-refractivity contribution in [1.29, 1.82) is 0 Å². The van der Waals surface area contributed by atoms with E-state index in [1.54, 1.807) is 7.11 Å². The predicted molar refractivity (Wildman–Crippen MR) is 56.1 cm³/mol. The molecule has 3 heteroatoms. The molecule has 0 heterocycles. The predicted octanol–water partition coefficient (Wildman–Crippen LogP) is 1.67. The molecule has 1 fully saturated rings. The first-order valence-corrected chi connectivity index (χ1v) is 5.49. The summed E-state index contributed by atoms with van der Waals surface area (Å²) in [6.45, 7) is 5.45. The fraction of sp³-hybridized carbons (Fsp3) is 0.909. The summed E-state index contributed by atoms with van der Waals surface area (Å²) in [5, 5.41) is 0. The van der Waals surface area contributed by atoms with Crippen molar-refractivity contribution >= 4 is 5.91 Å². The lowest BCUT2D eigenvalue weighted by Gasteiger charge is -2.28. The molecule has 0 spiro atoms. The minimum atomic E-state index is 0.251. The maximum Gasteiger partial charge on any atom is 0.222 e. The SMILES string of the molecule is CCC(=O)N(CCOC)C(C)C1CC1. The summed E-state index contributed by atoms with van der Waals surface area (Å²) in [5.41, 5.74) is 0. The van der Waals surface area contributed by atoms with E-state index in [2.05, 4.69) is 6.92 Å². The van der Waals surface area contributed by atoms with Gasteiger partial charge in [0.15, 0.2) is 0 Å². The summed E-state index contributed by atoms with van der Waals surface area (Å²) < 4.78 is 5.02. The van der Waals surface area contributed by atoms with E-state index in [-0.39, 0.29) is 5.91 Å². The lowest BCUT2D eigenvalue weighted by atomic mass is 10.1. The van der Waals surface area contributed by atoms with Crippen molar-refractivity contribution in [3.05, 3.63) is 0 Å². The van der Waals surface area contributed by atoms with Gasteiger partial charge in [0.2, 0.25) is 5.91 Å². The molecule has 14 heavy (non-hydrogen) atoms. The van der Waals surface area contributed by atoms with Crippen molar-refractivity contribution in [1.82, 2.24) is 4.90 Å². The van der Waals surface area contributed by atoms with Crippen LogP contribution in [0.5, 0.6) is 0 Å². The van der Waals surface area contributed by atoms with Gasteiger partial charge in [-0.3, -0.25) is 4.79 Å². The summed E-state index contributed by atoms with van der Waals surface area (Å²) in [7, 11) is 1.68. The zero-order chi connectivity index (χ0) is 10.6. The zero-order valence-corrected chi connectivity index (χ0v) is 9.45. The standard InChI is InChI=1S/C11H21NO2/c1-4-11(13)12(7-8-14-3)9(2)10-5-6-10/h9-10H,4-8H2,1-3H3. The van der Waals surface area contributed by atoms with Gasteiger partial charge in [0.05, 0.1) is 6.61 Å². The highest BCUT2D eigenvalue weighted by molar-refractivity contribution is 5.76. The zero-order valence-electron chi connectivity index (χ0n) is 9.45. The Morgan fingerprint density at radius 3 is 2.64 bits per heavy atom. The minimum Gasteiger partial charge on any atom is -0.383 e. The Morgan fingerprint density at radius 1 is 1.57 bits per heavy atom. The number of rotatable bonds is 6. The average Bonchev–Trinajstić information content (AvgIpc) is 3.00. The van der Waals surface area contributed by atoms with Gasteiger partial charge in [-0.15, -0.1) is 0 Å². The number of carbonyl (C=O) groups excluding carboxylic acids is 1. The number of nitrogens with zero attached hydrogens (tertiary/aromatic N) is 1. The van der Waals surface area contributed by atoms with E-state index in [0.29, 0.717) is 19.1 Å². The van der Waals surface area contributed by atoms with Crippen molar-refractivity contribution in [2.75, 3.05) is 20.3 Å². The third-order valence-electron chi connectivity index (χ3n) is 2.95. The third kappa shape index (κ3) is 2.98. The smallest absolute Gasteiger partial charge is 0.222 e. The largest absolute Gasteiger partial charge is 0.383 e. The second kappa shape index (κ2) is 5.35. The van der Waals surface area contributed by atoms with Gasteiger partial charge in [-0.25, -0.2) is 0 Å². The maximum absolute atomic E-state index is 11.7. The number of carbonyl (C=O) groups is 1. The molecule has 1 unspecified atom stereocenters. The number of hydrogen-bond donors (Lipinski definition) is 0. The van der Waals surface area contributed by atoms with E-state index in [4.69, 9.17) is 4.74 Å². The number of amides is 1. The first-order valence-electron chi connectivity index (χ1n) is 5.49. The Kier molecular flexibility index (Phi) is 4.39. The van der Waals surface area contributed by atoms with Crippen LogP contribution in [0.4, 0.5) is 0 Å². The molecule has 0 aromatic rings. The van der Waals surface area contributed by atoms with E-state index in [1.165, 1.54) is 12.8 Å². The molecule has 1 rings (SSSR count). The van der Waals surface area contributed by atoms with Gasteiger partial charge in [-0.2, -0.15) is 0 Å². The molecule has 1 atom stereocenters. The van der Waals surface area contributed by atoms with Gasteiger partial charge in [-0.05, 0) is 25.7 Å². The molecule has 0 radical (unpaired) electrons. The van der Waals surface area contributed by atoms with Crippen LogP contribution in [0.25, 0.3) is 0 Å². The molecule has 0 bridgehead atoms. The second-order valence-electron chi connectivity index (χ2n) is 4.01. The Hall–Kier alpha value is -0.570. The van der Waals surface area contributed by atoms with Crippen LogP contribution >= 0.6 is 0 Å². The highest BCUT2D eigenvalue weighted by Gasteiger charge is 2.33. The van der Waals surface area contributed by atoms with E-state index in [0.717, 1.165) is 12.5 Å². The monoisotopic (exact) mass is 199 g/mol. The highest BCUT2D eigenvalue weighted by Crippen LogP contribution is 2.35. The van der Waals surface area contributed by atoms with Gasteiger partial charge in [-0.1, -0.05) is 6.92 Å². The van der Waals surface area contributed by atoms with Crippen LogP contribution in [0.3, 0.4) is 0 Å². The van der Waals surface area contributed by atoms with E-state index < -0.39 is 0 Å². The Morgan fingerprint density at radius 2 is 2.21 bits per heavy atom. The highest BCUT2D eigenvalue weighted by atomic mass is 16.5. The van der Waals surface area contributed by atoms with Crippen LogP contribution in [-0.2, 0) is 9.53 Å².